The molecule has 0 aliphatic carbocycles. The number of rotatable bonds is 4. The van der Waals surface area contributed by atoms with Crippen molar-refractivity contribution in [3.63, 3.8) is 0 Å². The third-order valence-electron chi connectivity index (χ3n) is 6.70. The lowest BCUT2D eigenvalue weighted by Crippen LogP contribution is -2.39. The summed E-state index contributed by atoms with van der Waals surface area (Å²) in [5.74, 6) is -2.70. The van der Waals surface area contributed by atoms with Gasteiger partial charge in [0, 0.05) is 24.7 Å². The van der Waals surface area contributed by atoms with Gasteiger partial charge in [0.15, 0.2) is 0 Å². The Morgan fingerprint density at radius 2 is 1.61 bits per heavy atom. The number of fused-ring (bicyclic) bond motifs is 1. The van der Waals surface area contributed by atoms with E-state index >= 15 is 0 Å². The SMILES string of the molecule is CN1CCC2CN(C(=O)OC(C)(C)C)CC21.Cc1ccc(-c2ccc(C(F)(F)C(N)C=O)cc2)cc1. The molecule has 1 amide bonds. The number of hydrogen-bond acceptors (Lipinski definition) is 5. The minimum Gasteiger partial charge on any atom is -0.444 e. The Labute approximate surface area is 212 Å². The number of halogens is 2. The molecule has 2 saturated heterocycles. The van der Waals surface area contributed by atoms with E-state index in [-0.39, 0.29) is 23.5 Å². The Bertz CT molecular complexity index is 1040. The topological polar surface area (TPSA) is 75.9 Å². The lowest BCUT2D eigenvalue weighted by molar-refractivity contribution is -0.118. The number of carbonyl (C=O) groups excluding carboxylic acids is 2. The number of aryl methyl sites for hydroxylation is 1. The van der Waals surface area contributed by atoms with Gasteiger partial charge < -0.3 is 25.1 Å². The second-order valence-corrected chi connectivity index (χ2v) is 10.7. The Morgan fingerprint density at radius 3 is 2.11 bits per heavy atom. The molecule has 3 atom stereocenters. The van der Waals surface area contributed by atoms with Crippen LogP contribution in [0, 0.1) is 12.8 Å². The highest BCUT2D eigenvalue weighted by atomic mass is 19.3. The van der Waals surface area contributed by atoms with Crippen LogP contribution in [-0.2, 0) is 15.5 Å². The Kier molecular flexibility index (Phi) is 8.52. The normalized spacial score (nSPS) is 20.8. The quantitative estimate of drug-likeness (QED) is 0.607. The number of alkyl halides is 2. The predicted molar refractivity (Wildman–Crippen MR) is 137 cm³/mol. The first kappa shape index (κ1) is 27.7. The van der Waals surface area contributed by atoms with Crippen molar-refractivity contribution in [3.05, 3.63) is 59.7 Å². The summed E-state index contributed by atoms with van der Waals surface area (Å²) < 4.78 is 33.0. The van der Waals surface area contributed by atoms with Gasteiger partial charge in [0.05, 0.1) is 0 Å². The van der Waals surface area contributed by atoms with Crippen molar-refractivity contribution in [2.24, 2.45) is 11.7 Å². The molecule has 0 saturated carbocycles. The summed E-state index contributed by atoms with van der Waals surface area (Å²) in [7, 11) is 2.14. The van der Waals surface area contributed by atoms with E-state index in [9.17, 15) is 18.4 Å². The Balaban J connectivity index is 0.000000205. The molecular formula is C28H37F2N3O3. The molecule has 4 rings (SSSR count). The highest BCUT2D eigenvalue weighted by molar-refractivity contribution is 5.68. The van der Waals surface area contributed by atoms with Crippen LogP contribution in [0.25, 0.3) is 11.1 Å². The van der Waals surface area contributed by atoms with Crippen LogP contribution in [0.4, 0.5) is 13.6 Å². The molecule has 36 heavy (non-hydrogen) atoms. The van der Waals surface area contributed by atoms with Gasteiger partial charge in [-0.2, -0.15) is 8.78 Å². The summed E-state index contributed by atoms with van der Waals surface area (Å²) >= 11 is 0. The van der Waals surface area contributed by atoms with Crippen LogP contribution < -0.4 is 5.73 Å². The molecule has 2 aromatic carbocycles. The summed E-state index contributed by atoms with van der Waals surface area (Å²) in [5.41, 5.74) is 7.41. The zero-order valence-corrected chi connectivity index (χ0v) is 21.7. The fourth-order valence-electron chi connectivity index (χ4n) is 4.56. The number of carbonyl (C=O) groups is 2. The van der Waals surface area contributed by atoms with E-state index < -0.39 is 12.0 Å². The average Bonchev–Trinajstić information content (AvgIpc) is 3.40. The zero-order chi connectivity index (χ0) is 26.7. The van der Waals surface area contributed by atoms with Gasteiger partial charge in [0.25, 0.3) is 5.92 Å². The monoisotopic (exact) mass is 501 g/mol. The molecule has 0 radical (unpaired) electrons. The highest BCUT2D eigenvalue weighted by Gasteiger charge is 2.42. The van der Waals surface area contributed by atoms with Gasteiger partial charge in [-0.05, 0) is 64.8 Å². The van der Waals surface area contributed by atoms with Crippen LogP contribution >= 0.6 is 0 Å². The first-order valence-electron chi connectivity index (χ1n) is 12.3. The lowest BCUT2D eigenvalue weighted by Gasteiger charge is -2.25. The van der Waals surface area contributed by atoms with Crippen molar-refractivity contribution in [1.29, 1.82) is 0 Å². The van der Waals surface area contributed by atoms with E-state index in [0.717, 1.165) is 36.3 Å². The molecule has 196 valence electrons. The Hall–Kier alpha value is -2.84. The fraction of sp³-hybridized carbons (Fsp3) is 0.500. The summed E-state index contributed by atoms with van der Waals surface area (Å²) in [6.07, 6.45) is 1.12. The van der Waals surface area contributed by atoms with Crippen LogP contribution in [0.2, 0.25) is 0 Å². The van der Waals surface area contributed by atoms with Gasteiger partial charge in [0.1, 0.15) is 17.9 Å². The van der Waals surface area contributed by atoms with Crippen LogP contribution in [0.15, 0.2) is 48.5 Å². The summed E-state index contributed by atoms with van der Waals surface area (Å²) in [5, 5.41) is 0. The fourth-order valence-corrected chi connectivity index (χ4v) is 4.56. The molecule has 0 bridgehead atoms. The second kappa shape index (κ2) is 11.0. The third kappa shape index (κ3) is 6.68. The van der Waals surface area contributed by atoms with Crippen molar-refractivity contribution in [1.82, 2.24) is 9.80 Å². The largest absolute Gasteiger partial charge is 0.444 e. The van der Waals surface area contributed by atoms with Gasteiger partial charge in [0.2, 0.25) is 0 Å². The number of amides is 1. The van der Waals surface area contributed by atoms with E-state index in [0.29, 0.717) is 12.0 Å². The number of hydrogen-bond donors (Lipinski definition) is 1. The number of likely N-dealkylation sites (tertiary alicyclic amines) is 2. The second-order valence-electron chi connectivity index (χ2n) is 10.7. The van der Waals surface area contributed by atoms with Crippen LogP contribution in [0.1, 0.15) is 38.3 Å². The molecule has 6 nitrogen and oxygen atoms in total. The third-order valence-corrected chi connectivity index (χ3v) is 6.70. The van der Waals surface area contributed by atoms with E-state index in [1.165, 1.54) is 18.6 Å². The molecule has 2 aliphatic rings. The maximum absolute atomic E-state index is 13.8. The standard InChI is InChI=1S/C16H15F2NO.C12H22N2O2/c1-11-2-4-12(5-3-11)13-6-8-14(9-7-13)16(17,18)15(19)10-20;1-12(2,3)16-11(15)14-7-9-5-6-13(4)10(9)8-14/h2-10,15H,19H2,1H3;9-10H,5-8H2,1-4H3. The van der Waals surface area contributed by atoms with Gasteiger partial charge in [-0.3, -0.25) is 0 Å². The minimum absolute atomic E-state index is 0.0634. The van der Waals surface area contributed by atoms with Gasteiger partial charge >= 0.3 is 6.09 Å². The van der Waals surface area contributed by atoms with Gasteiger partial charge in [-0.15, -0.1) is 0 Å². The molecule has 2 heterocycles. The number of ether oxygens (including phenoxy) is 1. The first-order chi connectivity index (χ1) is 16.8. The minimum atomic E-state index is -3.35. The molecule has 2 aromatic rings. The molecule has 3 unspecified atom stereocenters. The highest BCUT2D eigenvalue weighted by Crippen LogP contribution is 2.32. The van der Waals surface area contributed by atoms with Crippen molar-refractivity contribution in [3.8, 4) is 11.1 Å². The van der Waals surface area contributed by atoms with Crippen LogP contribution in [0.5, 0.6) is 0 Å². The molecule has 2 N–H and O–H groups in total. The number of nitrogens with two attached hydrogens (primary N) is 1. The predicted octanol–water partition coefficient (Wildman–Crippen LogP) is 4.84. The Morgan fingerprint density at radius 1 is 1.06 bits per heavy atom. The maximum atomic E-state index is 13.8. The molecule has 2 aliphatic heterocycles. The summed E-state index contributed by atoms with van der Waals surface area (Å²) in [6.45, 7) is 10.6. The number of benzene rings is 2. The van der Waals surface area contributed by atoms with Crippen molar-refractivity contribution in [2.45, 2.75) is 57.7 Å². The molecular weight excluding hydrogens is 464 g/mol. The van der Waals surface area contributed by atoms with E-state index in [2.05, 4.69) is 11.9 Å². The molecule has 2 fully saturated rings. The maximum Gasteiger partial charge on any atom is 0.410 e. The lowest BCUT2D eigenvalue weighted by atomic mass is 9.98. The van der Waals surface area contributed by atoms with Crippen molar-refractivity contribution >= 4 is 12.4 Å². The van der Waals surface area contributed by atoms with E-state index in [1.807, 2.05) is 56.9 Å². The van der Waals surface area contributed by atoms with Crippen molar-refractivity contribution < 1.29 is 23.1 Å². The number of likely N-dealkylation sites (N-methyl/N-ethyl adjacent to an activating group) is 1. The molecule has 0 spiro atoms. The smallest absolute Gasteiger partial charge is 0.410 e. The van der Waals surface area contributed by atoms with Crippen LogP contribution in [0.3, 0.4) is 0 Å². The zero-order valence-electron chi connectivity index (χ0n) is 21.7. The van der Waals surface area contributed by atoms with Crippen molar-refractivity contribution in [2.75, 3.05) is 26.7 Å². The van der Waals surface area contributed by atoms with Gasteiger partial charge in [-0.1, -0.05) is 54.1 Å². The molecule has 0 aromatic heterocycles. The van der Waals surface area contributed by atoms with Crippen LogP contribution in [-0.4, -0.2) is 66.5 Å². The van der Waals surface area contributed by atoms with E-state index in [4.69, 9.17) is 10.5 Å². The number of aldehydes is 1. The summed E-state index contributed by atoms with van der Waals surface area (Å²) in [6, 6.07) is 12.3. The van der Waals surface area contributed by atoms with E-state index in [1.54, 1.807) is 12.1 Å². The van der Waals surface area contributed by atoms with Gasteiger partial charge in [-0.25, -0.2) is 4.79 Å². The summed E-state index contributed by atoms with van der Waals surface area (Å²) in [4.78, 5) is 26.5. The molecule has 8 heteroatoms. The number of nitrogens with zero attached hydrogens (tertiary/aromatic N) is 2. The average molecular weight is 502 g/mol. The first-order valence-corrected chi connectivity index (χ1v) is 12.3.